The number of thiazole rings is 1. The van der Waals surface area contributed by atoms with Crippen molar-refractivity contribution in [2.45, 2.75) is 13.8 Å². The number of halogens is 1. The van der Waals surface area contributed by atoms with E-state index in [1.54, 1.807) is 6.92 Å². The lowest BCUT2D eigenvalue weighted by molar-refractivity contribution is 0.0526. The van der Waals surface area contributed by atoms with Crippen molar-refractivity contribution in [3.8, 4) is 11.3 Å². The molecular formula is C13H12BrNO2S. The van der Waals surface area contributed by atoms with E-state index >= 15 is 0 Å². The molecular weight excluding hydrogens is 314 g/mol. The van der Waals surface area contributed by atoms with E-state index in [-0.39, 0.29) is 5.97 Å². The van der Waals surface area contributed by atoms with Crippen LogP contribution in [0.15, 0.2) is 28.7 Å². The van der Waals surface area contributed by atoms with Crippen LogP contribution in [0, 0.1) is 6.92 Å². The Labute approximate surface area is 118 Å². The van der Waals surface area contributed by atoms with E-state index in [0.29, 0.717) is 11.6 Å². The average molecular weight is 326 g/mol. The number of carbonyl (C=O) groups excluding carboxylic acids is 1. The topological polar surface area (TPSA) is 39.2 Å². The quantitative estimate of drug-likeness (QED) is 0.799. The summed E-state index contributed by atoms with van der Waals surface area (Å²) in [4.78, 5) is 17.0. The van der Waals surface area contributed by atoms with Crippen LogP contribution < -0.4 is 0 Å². The third-order valence-electron chi connectivity index (χ3n) is 2.34. The number of hydrogen-bond acceptors (Lipinski definition) is 4. The maximum atomic E-state index is 11.6. The fourth-order valence-corrected chi connectivity index (χ4v) is 2.81. The third kappa shape index (κ3) is 2.79. The molecule has 1 aromatic heterocycles. The minimum Gasteiger partial charge on any atom is -0.461 e. The Morgan fingerprint density at radius 2 is 2.28 bits per heavy atom. The van der Waals surface area contributed by atoms with Gasteiger partial charge in [-0.15, -0.1) is 11.3 Å². The lowest BCUT2D eigenvalue weighted by atomic mass is 10.1. The summed E-state index contributed by atoms with van der Waals surface area (Å²) in [6.07, 6.45) is 0. The highest BCUT2D eigenvalue weighted by molar-refractivity contribution is 9.10. The van der Waals surface area contributed by atoms with E-state index in [0.717, 1.165) is 20.6 Å². The first-order chi connectivity index (χ1) is 8.61. The van der Waals surface area contributed by atoms with E-state index < -0.39 is 0 Å². The first-order valence-corrected chi connectivity index (χ1v) is 7.13. The molecule has 0 radical (unpaired) electrons. The monoisotopic (exact) mass is 325 g/mol. The number of nitrogens with zero attached hydrogens (tertiary/aromatic N) is 1. The number of aromatic nitrogens is 1. The standard InChI is InChI=1S/C13H12BrNO2S/c1-3-17-13(16)12-15-11(8(2)18-12)9-5-4-6-10(14)7-9/h4-7H,3H2,1-2H3. The Morgan fingerprint density at radius 1 is 1.50 bits per heavy atom. The predicted molar refractivity (Wildman–Crippen MR) is 75.9 cm³/mol. The number of esters is 1. The van der Waals surface area contributed by atoms with Crippen LogP contribution in [0.1, 0.15) is 21.6 Å². The molecule has 1 heterocycles. The van der Waals surface area contributed by atoms with Gasteiger partial charge in [0.25, 0.3) is 0 Å². The van der Waals surface area contributed by atoms with E-state index in [9.17, 15) is 4.79 Å². The summed E-state index contributed by atoms with van der Waals surface area (Å²) in [6, 6.07) is 7.86. The van der Waals surface area contributed by atoms with E-state index in [1.807, 2.05) is 31.2 Å². The van der Waals surface area contributed by atoms with Gasteiger partial charge in [-0.2, -0.15) is 0 Å². The molecule has 5 heteroatoms. The van der Waals surface area contributed by atoms with E-state index in [4.69, 9.17) is 4.74 Å². The molecule has 94 valence electrons. The molecule has 0 spiro atoms. The highest BCUT2D eigenvalue weighted by Crippen LogP contribution is 2.29. The zero-order chi connectivity index (χ0) is 13.1. The van der Waals surface area contributed by atoms with Crippen molar-refractivity contribution in [1.82, 2.24) is 4.98 Å². The van der Waals surface area contributed by atoms with Crippen LogP contribution in [0.3, 0.4) is 0 Å². The highest BCUT2D eigenvalue weighted by Gasteiger charge is 2.16. The van der Waals surface area contributed by atoms with Crippen LogP contribution in [0.5, 0.6) is 0 Å². The molecule has 0 aliphatic heterocycles. The van der Waals surface area contributed by atoms with Crippen LogP contribution in [-0.4, -0.2) is 17.6 Å². The molecule has 1 aromatic carbocycles. The van der Waals surface area contributed by atoms with Crippen LogP contribution in [0.4, 0.5) is 0 Å². The zero-order valence-electron chi connectivity index (χ0n) is 10.1. The SMILES string of the molecule is CCOC(=O)c1nc(-c2cccc(Br)c2)c(C)s1. The number of rotatable bonds is 3. The number of benzene rings is 1. The van der Waals surface area contributed by atoms with Gasteiger partial charge in [-0.3, -0.25) is 0 Å². The first-order valence-electron chi connectivity index (χ1n) is 5.52. The molecule has 0 aliphatic rings. The van der Waals surface area contributed by atoms with Crippen molar-refractivity contribution in [2.75, 3.05) is 6.61 Å². The molecule has 0 unspecified atom stereocenters. The second-order valence-corrected chi connectivity index (χ2v) is 5.77. The van der Waals surface area contributed by atoms with Gasteiger partial charge in [0.15, 0.2) is 0 Å². The fourth-order valence-electron chi connectivity index (χ4n) is 1.58. The van der Waals surface area contributed by atoms with Gasteiger partial charge < -0.3 is 4.74 Å². The predicted octanol–water partition coefficient (Wildman–Crippen LogP) is 4.06. The number of aryl methyl sites for hydroxylation is 1. The van der Waals surface area contributed by atoms with Crippen molar-refractivity contribution >= 4 is 33.2 Å². The molecule has 0 amide bonds. The van der Waals surface area contributed by atoms with Gasteiger partial charge in [-0.05, 0) is 26.0 Å². The zero-order valence-corrected chi connectivity index (χ0v) is 12.5. The van der Waals surface area contributed by atoms with Gasteiger partial charge in [-0.1, -0.05) is 28.1 Å². The Balaban J connectivity index is 2.38. The summed E-state index contributed by atoms with van der Waals surface area (Å²) in [5.41, 5.74) is 1.83. The Kier molecular flexibility index (Phi) is 4.14. The summed E-state index contributed by atoms with van der Waals surface area (Å²) in [5.74, 6) is -0.355. The van der Waals surface area contributed by atoms with Crippen molar-refractivity contribution in [2.24, 2.45) is 0 Å². The van der Waals surface area contributed by atoms with Gasteiger partial charge in [0.05, 0.1) is 12.3 Å². The van der Waals surface area contributed by atoms with Gasteiger partial charge in [-0.25, -0.2) is 9.78 Å². The van der Waals surface area contributed by atoms with Crippen molar-refractivity contribution < 1.29 is 9.53 Å². The lowest BCUT2D eigenvalue weighted by Gasteiger charge is -1.99. The largest absolute Gasteiger partial charge is 0.461 e. The second kappa shape index (κ2) is 5.63. The third-order valence-corrected chi connectivity index (χ3v) is 3.79. The van der Waals surface area contributed by atoms with Gasteiger partial charge >= 0.3 is 5.97 Å². The number of carbonyl (C=O) groups is 1. The maximum absolute atomic E-state index is 11.6. The van der Waals surface area contributed by atoms with Crippen molar-refractivity contribution in [3.05, 3.63) is 38.6 Å². The van der Waals surface area contributed by atoms with Crippen LogP contribution in [0.25, 0.3) is 11.3 Å². The molecule has 0 fully saturated rings. The van der Waals surface area contributed by atoms with Gasteiger partial charge in [0.2, 0.25) is 5.01 Å². The number of hydrogen-bond donors (Lipinski definition) is 0. The summed E-state index contributed by atoms with van der Waals surface area (Å²) < 4.78 is 5.95. The van der Waals surface area contributed by atoms with Gasteiger partial charge in [0.1, 0.15) is 0 Å². The first kappa shape index (κ1) is 13.2. The minimum atomic E-state index is -0.355. The van der Waals surface area contributed by atoms with Crippen molar-refractivity contribution in [1.29, 1.82) is 0 Å². The smallest absolute Gasteiger partial charge is 0.367 e. The van der Waals surface area contributed by atoms with Crippen molar-refractivity contribution in [3.63, 3.8) is 0 Å². The maximum Gasteiger partial charge on any atom is 0.367 e. The highest BCUT2D eigenvalue weighted by atomic mass is 79.9. The molecule has 0 saturated carbocycles. The molecule has 2 rings (SSSR count). The Bertz CT molecular complexity index is 580. The lowest BCUT2D eigenvalue weighted by Crippen LogP contribution is -2.03. The summed E-state index contributed by atoms with van der Waals surface area (Å²) in [7, 11) is 0. The fraction of sp³-hybridized carbons (Fsp3) is 0.231. The Morgan fingerprint density at radius 3 is 2.94 bits per heavy atom. The second-order valence-electron chi connectivity index (χ2n) is 3.65. The van der Waals surface area contributed by atoms with E-state index in [1.165, 1.54) is 11.3 Å². The molecule has 3 nitrogen and oxygen atoms in total. The molecule has 2 aromatic rings. The number of ether oxygens (including phenoxy) is 1. The average Bonchev–Trinajstić information content (AvgIpc) is 2.72. The van der Waals surface area contributed by atoms with Crippen LogP contribution in [-0.2, 0) is 4.74 Å². The van der Waals surface area contributed by atoms with Crippen LogP contribution in [0.2, 0.25) is 0 Å². The van der Waals surface area contributed by atoms with Crippen LogP contribution >= 0.6 is 27.3 Å². The summed E-state index contributed by atoms with van der Waals surface area (Å²) >= 11 is 4.79. The molecule has 0 bridgehead atoms. The van der Waals surface area contributed by atoms with Gasteiger partial charge in [0, 0.05) is 14.9 Å². The molecule has 0 aliphatic carbocycles. The Hall–Kier alpha value is -1.20. The summed E-state index contributed by atoms with van der Waals surface area (Å²) in [5, 5.41) is 0.407. The molecule has 0 atom stereocenters. The molecule has 0 N–H and O–H groups in total. The molecule has 0 saturated heterocycles. The minimum absolute atomic E-state index is 0.355. The normalized spacial score (nSPS) is 10.4. The summed E-state index contributed by atoms with van der Waals surface area (Å²) in [6.45, 7) is 4.11. The molecule has 18 heavy (non-hydrogen) atoms. The van der Waals surface area contributed by atoms with E-state index in [2.05, 4.69) is 20.9 Å².